The molecular weight excluding hydrogens is 240 g/mol. The summed E-state index contributed by atoms with van der Waals surface area (Å²) in [5.41, 5.74) is 1.93. The molecule has 0 bridgehead atoms. The quantitative estimate of drug-likeness (QED) is 0.835. The number of hydrogen-bond acceptors (Lipinski definition) is 3. The van der Waals surface area contributed by atoms with E-state index in [9.17, 15) is 13.2 Å². The first kappa shape index (κ1) is 11.9. The van der Waals surface area contributed by atoms with Crippen molar-refractivity contribution in [1.82, 2.24) is 5.32 Å². The third-order valence-corrected chi connectivity index (χ3v) is 3.99. The Bertz CT molecular complexity index is 552. The second-order valence-electron chi connectivity index (χ2n) is 3.88. The summed E-state index contributed by atoms with van der Waals surface area (Å²) in [7, 11) is -3.30. The highest BCUT2D eigenvalue weighted by Crippen LogP contribution is 2.19. The molecule has 17 heavy (non-hydrogen) atoms. The minimum absolute atomic E-state index is 0.0102. The molecule has 1 aromatic rings. The lowest BCUT2D eigenvalue weighted by Gasteiger charge is -2.17. The fourth-order valence-corrected chi connectivity index (χ4v) is 2.36. The monoisotopic (exact) mass is 254 g/mol. The van der Waals surface area contributed by atoms with Gasteiger partial charge in [-0.15, -0.1) is 0 Å². The maximum atomic E-state index is 11.6. The van der Waals surface area contributed by atoms with E-state index in [4.69, 9.17) is 0 Å². The summed E-state index contributed by atoms with van der Waals surface area (Å²) in [5.74, 6) is -0.139. The van der Waals surface area contributed by atoms with E-state index >= 15 is 0 Å². The molecule has 0 saturated carbocycles. The highest BCUT2D eigenvalue weighted by molar-refractivity contribution is 7.92. The van der Waals surface area contributed by atoms with Gasteiger partial charge in [-0.25, -0.2) is 8.42 Å². The molecule has 0 aromatic heterocycles. The number of anilines is 1. The molecule has 0 radical (unpaired) electrons. The lowest BCUT2D eigenvalue weighted by atomic mass is 10.00. The number of hydrogen-bond donors (Lipinski definition) is 2. The number of sulfonamides is 1. The van der Waals surface area contributed by atoms with Crippen molar-refractivity contribution in [1.29, 1.82) is 0 Å². The molecule has 0 aliphatic carbocycles. The average Bonchev–Trinajstić information content (AvgIpc) is 2.30. The molecule has 1 amide bonds. The molecule has 1 aliphatic rings. The predicted molar refractivity (Wildman–Crippen MR) is 65.6 cm³/mol. The van der Waals surface area contributed by atoms with Crippen molar-refractivity contribution in [2.75, 3.05) is 17.0 Å². The Morgan fingerprint density at radius 1 is 1.41 bits per heavy atom. The van der Waals surface area contributed by atoms with Gasteiger partial charge in [0.1, 0.15) is 0 Å². The van der Waals surface area contributed by atoms with Gasteiger partial charge < -0.3 is 5.32 Å². The number of nitrogens with one attached hydrogen (secondary N) is 2. The van der Waals surface area contributed by atoms with Crippen molar-refractivity contribution in [2.45, 2.75) is 13.3 Å². The Kier molecular flexibility index (Phi) is 3.06. The van der Waals surface area contributed by atoms with E-state index in [1.165, 1.54) is 0 Å². The van der Waals surface area contributed by atoms with Crippen LogP contribution in [0.15, 0.2) is 18.2 Å². The summed E-state index contributed by atoms with van der Waals surface area (Å²) in [6.07, 6.45) is 0.780. The van der Waals surface area contributed by atoms with Gasteiger partial charge in [-0.2, -0.15) is 0 Å². The van der Waals surface area contributed by atoms with E-state index in [0.29, 0.717) is 17.8 Å². The topological polar surface area (TPSA) is 75.3 Å². The van der Waals surface area contributed by atoms with Crippen LogP contribution in [0.1, 0.15) is 22.8 Å². The molecule has 2 rings (SSSR count). The first-order valence-corrected chi connectivity index (χ1v) is 7.08. The van der Waals surface area contributed by atoms with E-state index in [2.05, 4.69) is 10.0 Å². The Morgan fingerprint density at radius 2 is 2.18 bits per heavy atom. The van der Waals surface area contributed by atoms with Crippen molar-refractivity contribution < 1.29 is 13.2 Å². The number of benzene rings is 1. The summed E-state index contributed by atoms with van der Waals surface area (Å²) in [6, 6.07) is 5.06. The number of amides is 1. The van der Waals surface area contributed by atoms with Gasteiger partial charge in [0, 0.05) is 17.8 Å². The minimum atomic E-state index is -3.30. The normalized spacial score (nSPS) is 15.0. The van der Waals surface area contributed by atoms with Crippen molar-refractivity contribution in [3.8, 4) is 0 Å². The molecule has 2 N–H and O–H groups in total. The zero-order chi connectivity index (χ0) is 12.5. The van der Waals surface area contributed by atoms with E-state index < -0.39 is 10.0 Å². The van der Waals surface area contributed by atoms with Crippen LogP contribution in [-0.4, -0.2) is 26.6 Å². The Morgan fingerprint density at radius 3 is 2.88 bits per heavy atom. The maximum absolute atomic E-state index is 11.6. The Labute approximate surface area is 100 Å². The summed E-state index contributed by atoms with van der Waals surface area (Å²) >= 11 is 0. The van der Waals surface area contributed by atoms with Gasteiger partial charge in [0.25, 0.3) is 5.91 Å². The molecule has 1 aliphatic heterocycles. The van der Waals surface area contributed by atoms with Crippen LogP contribution in [0.25, 0.3) is 0 Å². The minimum Gasteiger partial charge on any atom is -0.352 e. The first-order chi connectivity index (χ1) is 8.02. The largest absolute Gasteiger partial charge is 0.352 e. The van der Waals surface area contributed by atoms with Gasteiger partial charge in [-0.3, -0.25) is 9.52 Å². The van der Waals surface area contributed by atoms with Crippen molar-refractivity contribution in [3.63, 3.8) is 0 Å². The second kappa shape index (κ2) is 4.37. The van der Waals surface area contributed by atoms with Crippen molar-refractivity contribution in [2.24, 2.45) is 0 Å². The SMILES string of the molecule is CCS(=O)(=O)Nc1ccc2c(c1)C(=O)NCC2. The lowest BCUT2D eigenvalue weighted by molar-refractivity contribution is 0.0946. The van der Waals surface area contributed by atoms with Gasteiger partial charge in [0.15, 0.2) is 0 Å². The number of carbonyl (C=O) groups excluding carboxylic acids is 1. The van der Waals surface area contributed by atoms with E-state index in [-0.39, 0.29) is 11.7 Å². The predicted octanol–water partition coefficient (Wildman–Crippen LogP) is 0.734. The molecule has 1 heterocycles. The molecule has 5 nitrogen and oxygen atoms in total. The van der Waals surface area contributed by atoms with Crippen LogP contribution in [0, 0.1) is 0 Å². The smallest absolute Gasteiger partial charge is 0.251 e. The lowest BCUT2D eigenvalue weighted by Crippen LogP contribution is -2.31. The van der Waals surface area contributed by atoms with Crippen LogP contribution >= 0.6 is 0 Å². The van der Waals surface area contributed by atoms with E-state index in [0.717, 1.165) is 12.0 Å². The van der Waals surface area contributed by atoms with Crippen LogP contribution < -0.4 is 10.0 Å². The third kappa shape index (κ3) is 2.58. The molecule has 0 spiro atoms. The third-order valence-electron chi connectivity index (χ3n) is 2.69. The summed E-state index contributed by atoms with van der Waals surface area (Å²) < 4.78 is 25.2. The second-order valence-corrected chi connectivity index (χ2v) is 5.89. The zero-order valence-corrected chi connectivity index (χ0v) is 10.3. The van der Waals surface area contributed by atoms with Crippen LogP contribution in [-0.2, 0) is 16.4 Å². The summed E-state index contributed by atoms with van der Waals surface area (Å²) in [4.78, 5) is 11.6. The average molecular weight is 254 g/mol. The van der Waals surface area contributed by atoms with Crippen LogP contribution in [0.3, 0.4) is 0 Å². The summed E-state index contributed by atoms with van der Waals surface area (Å²) in [6.45, 7) is 2.19. The van der Waals surface area contributed by atoms with Crippen LogP contribution in [0.2, 0.25) is 0 Å². The highest BCUT2D eigenvalue weighted by Gasteiger charge is 2.17. The van der Waals surface area contributed by atoms with Crippen LogP contribution in [0.4, 0.5) is 5.69 Å². The summed E-state index contributed by atoms with van der Waals surface area (Å²) in [5, 5.41) is 2.73. The van der Waals surface area contributed by atoms with Crippen LogP contribution in [0.5, 0.6) is 0 Å². The molecule has 6 heteroatoms. The van der Waals surface area contributed by atoms with Gasteiger partial charge in [0.05, 0.1) is 5.75 Å². The molecular formula is C11H14N2O3S. The van der Waals surface area contributed by atoms with E-state index in [1.54, 1.807) is 25.1 Å². The fraction of sp³-hybridized carbons (Fsp3) is 0.364. The molecule has 0 atom stereocenters. The van der Waals surface area contributed by atoms with Gasteiger partial charge in [0.2, 0.25) is 10.0 Å². The Hall–Kier alpha value is -1.56. The van der Waals surface area contributed by atoms with Gasteiger partial charge in [-0.05, 0) is 31.0 Å². The maximum Gasteiger partial charge on any atom is 0.251 e. The number of fused-ring (bicyclic) bond motifs is 1. The molecule has 1 aromatic carbocycles. The molecule has 0 unspecified atom stereocenters. The van der Waals surface area contributed by atoms with E-state index in [1.807, 2.05) is 0 Å². The number of carbonyl (C=O) groups is 1. The first-order valence-electron chi connectivity index (χ1n) is 5.43. The standard InChI is InChI=1S/C11H14N2O3S/c1-2-17(15,16)13-9-4-3-8-5-6-12-11(14)10(8)7-9/h3-4,7,13H,2,5-6H2,1H3,(H,12,14). The Balaban J connectivity index is 2.33. The highest BCUT2D eigenvalue weighted by atomic mass is 32.2. The fourth-order valence-electron chi connectivity index (χ4n) is 1.73. The molecule has 0 fully saturated rings. The molecule has 92 valence electrons. The van der Waals surface area contributed by atoms with Crippen molar-refractivity contribution >= 4 is 21.6 Å². The van der Waals surface area contributed by atoms with Gasteiger partial charge in [-0.1, -0.05) is 6.07 Å². The van der Waals surface area contributed by atoms with Gasteiger partial charge >= 0.3 is 0 Å². The zero-order valence-electron chi connectivity index (χ0n) is 9.49. The number of rotatable bonds is 3. The van der Waals surface area contributed by atoms with Crippen molar-refractivity contribution in [3.05, 3.63) is 29.3 Å². The molecule has 0 saturated heterocycles.